The lowest BCUT2D eigenvalue weighted by Gasteiger charge is -2.02. The summed E-state index contributed by atoms with van der Waals surface area (Å²) in [6, 6.07) is 0. The van der Waals surface area contributed by atoms with Crippen molar-refractivity contribution < 1.29 is 0 Å². The number of thiocarbonyl (C=S) groups is 1. The Labute approximate surface area is 47.8 Å². The van der Waals surface area contributed by atoms with Crippen molar-refractivity contribution in [2.75, 3.05) is 13.3 Å². The highest BCUT2D eigenvalue weighted by Gasteiger charge is 1.77. The smallest absolute Gasteiger partial charge is 0.0737 e. The minimum Gasteiger partial charge on any atom is -0.316 e. The van der Waals surface area contributed by atoms with E-state index >= 15 is 0 Å². The third-order valence-corrected chi connectivity index (χ3v) is 1.57. The molecule has 0 aliphatic rings. The second-order valence-corrected chi connectivity index (χ2v) is 1.99. The predicted octanol–water partition coefficient (Wildman–Crippen LogP) is 1.15. The molecule has 0 saturated heterocycles. The SMILES string of the molecule is CSN(C)C=S. The first-order chi connectivity index (χ1) is 2.81. The van der Waals surface area contributed by atoms with Crippen LogP contribution in [0.4, 0.5) is 0 Å². The van der Waals surface area contributed by atoms with E-state index in [4.69, 9.17) is 0 Å². The summed E-state index contributed by atoms with van der Waals surface area (Å²) in [5, 5.41) is 0. The molecule has 0 bridgehead atoms. The van der Waals surface area contributed by atoms with E-state index in [0.717, 1.165) is 0 Å². The molecule has 0 fully saturated rings. The zero-order valence-electron chi connectivity index (χ0n) is 3.84. The molecule has 0 spiro atoms. The van der Waals surface area contributed by atoms with Gasteiger partial charge in [-0.1, -0.05) is 24.2 Å². The lowest BCUT2D eigenvalue weighted by molar-refractivity contribution is 0.892. The average molecular weight is 121 g/mol. The van der Waals surface area contributed by atoms with Gasteiger partial charge in [0, 0.05) is 13.3 Å². The van der Waals surface area contributed by atoms with Crippen LogP contribution in [0.25, 0.3) is 0 Å². The third-order valence-electron chi connectivity index (χ3n) is 0.436. The van der Waals surface area contributed by atoms with Gasteiger partial charge in [0.25, 0.3) is 0 Å². The van der Waals surface area contributed by atoms with E-state index in [0.29, 0.717) is 0 Å². The fourth-order valence-corrected chi connectivity index (χ4v) is 0.387. The second-order valence-electron chi connectivity index (χ2n) is 0.834. The van der Waals surface area contributed by atoms with Gasteiger partial charge in [0.1, 0.15) is 0 Å². The molecule has 0 amide bonds. The maximum absolute atomic E-state index is 4.55. The quantitative estimate of drug-likeness (QED) is 0.398. The summed E-state index contributed by atoms with van der Waals surface area (Å²) in [5.41, 5.74) is 1.60. The number of nitrogens with zero attached hydrogens (tertiary/aromatic N) is 1. The molecule has 0 aliphatic heterocycles. The van der Waals surface area contributed by atoms with Gasteiger partial charge in [-0.2, -0.15) is 0 Å². The Balaban J connectivity index is 2.96. The van der Waals surface area contributed by atoms with Crippen LogP contribution in [0.2, 0.25) is 0 Å². The van der Waals surface area contributed by atoms with Crippen molar-refractivity contribution in [3.63, 3.8) is 0 Å². The molecule has 0 N–H and O–H groups in total. The van der Waals surface area contributed by atoms with Crippen LogP contribution in [0.5, 0.6) is 0 Å². The van der Waals surface area contributed by atoms with Gasteiger partial charge in [-0.15, -0.1) is 0 Å². The lowest BCUT2D eigenvalue weighted by atomic mass is 11.3. The maximum Gasteiger partial charge on any atom is 0.0737 e. The molecule has 1 nitrogen and oxygen atoms in total. The number of rotatable bonds is 2. The monoisotopic (exact) mass is 121 g/mol. The van der Waals surface area contributed by atoms with Gasteiger partial charge in [-0.05, 0) is 0 Å². The van der Waals surface area contributed by atoms with E-state index in [1.165, 1.54) is 0 Å². The maximum atomic E-state index is 4.55. The fourth-order valence-electron chi connectivity index (χ4n) is 0.0430. The molecule has 0 saturated carbocycles. The van der Waals surface area contributed by atoms with Gasteiger partial charge in [0.2, 0.25) is 0 Å². The molecule has 0 aromatic carbocycles. The summed E-state index contributed by atoms with van der Waals surface area (Å²) in [6.07, 6.45) is 1.98. The normalized spacial score (nSPS) is 7.67. The van der Waals surface area contributed by atoms with E-state index in [1.807, 2.05) is 17.6 Å². The van der Waals surface area contributed by atoms with Gasteiger partial charge >= 0.3 is 0 Å². The Morgan fingerprint density at radius 1 is 1.83 bits per heavy atom. The Morgan fingerprint density at radius 3 is 2.33 bits per heavy atom. The predicted molar refractivity (Wildman–Crippen MR) is 34.9 cm³/mol. The van der Waals surface area contributed by atoms with Crippen LogP contribution in [0.3, 0.4) is 0 Å². The Morgan fingerprint density at radius 2 is 2.33 bits per heavy atom. The van der Waals surface area contributed by atoms with Gasteiger partial charge in [0.05, 0.1) is 5.49 Å². The third kappa shape index (κ3) is 2.48. The van der Waals surface area contributed by atoms with Crippen LogP contribution >= 0.6 is 24.2 Å². The van der Waals surface area contributed by atoms with Crippen LogP contribution < -0.4 is 0 Å². The van der Waals surface area contributed by atoms with Crippen molar-refractivity contribution in [3.05, 3.63) is 0 Å². The molecule has 0 aromatic rings. The standard InChI is InChI=1S/C3H7NS2/c1-4(3-5)6-2/h3H,1-2H3. The zero-order chi connectivity index (χ0) is 4.99. The molecule has 3 heteroatoms. The summed E-state index contributed by atoms with van der Waals surface area (Å²) in [6.45, 7) is 0. The van der Waals surface area contributed by atoms with E-state index in [1.54, 1.807) is 17.4 Å². The first-order valence-corrected chi connectivity index (χ1v) is 3.18. The summed E-state index contributed by atoms with van der Waals surface area (Å²) in [5.74, 6) is 0. The largest absolute Gasteiger partial charge is 0.316 e. The highest BCUT2D eigenvalue weighted by Crippen LogP contribution is 1.93. The summed E-state index contributed by atoms with van der Waals surface area (Å²) in [7, 11) is 1.91. The van der Waals surface area contributed by atoms with Gasteiger partial charge < -0.3 is 4.31 Å². The second kappa shape index (κ2) is 3.43. The van der Waals surface area contributed by atoms with Crippen molar-refractivity contribution >= 4 is 29.7 Å². The van der Waals surface area contributed by atoms with Gasteiger partial charge in [-0.25, -0.2) is 0 Å². The van der Waals surface area contributed by atoms with Crippen LogP contribution in [0, 0.1) is 0 Å². The molecule has 0 atom stereocenters. The Bertz CT molecular complexity index is 46.1. The summed E-state index contributed by atoms with van der Waals surface area (Å²) < 4.78 is 1.86. The van der Waals surface area contributed by atoms with E-state index in [2.05, 4.69) is 12.2 Å². The molecule has 36 valence electrons. The van der Waals surface area contributed by atoms with Crippen molar-refractivity contribution in [3.8, 4) is 0 Å². The van der Waals surface area contributed by atoms with Crippen LogP contribution in [-0.4, -0.2) is 23.1 Å². The molecule has 6 heavy (non-hydrogen) atoms. The summed E-state index contributed by atoms with van der Waals surface area (Å²) in [4.78, 5) is 0. The average Bonchev–Trinajstić information content (AvgIpc) is 1.65. The van der Waals surface area contributed by atoms with Gasteiger partial charge in [0.15, 0.2) is 0 Å². The molecule has 0 aliphatic carbocycles. The fraction of sp³-hybridized carbons (Fsp3) is 0.667. The Hall–Kier alpha value is 0.240. The molecule has 0 rings (SSSR count). The minimum absolute atomic E-state index is 1.60. The first kappa shape index (κ1) is 6.24. The molecule has 0 unspecified atom stereocenters. The highest BCUT2D eigenvalue weighted by molar-refractivity contribution is 7.97. The molecular formula is C3H7NS2. The van der Waals surface area contributed by atoms with E-state index in [9.17, 15) is 0 Å². The van der Waals surface area contributed by atoms with Crippen LogP contribution in [0.15, 0.2) is 0 Å². The van der Waals surface area contributed by atoms with Crippen molar-refractivity contribution in [2.24, 2.45) is 0 Å². The van der Waals surface area contributed by atoms with E-state index in [-0.39, 0.29) is 0 Å². The van der Waals surface area contributed by atoms with E-state index < -0.39 is 0 Å². The summed E-state index contributed by atoms with van der Waals surface area (Å²) >= 11 is 6.15. The number of hydrogen-bond donors (Lipinski definition) is 0. The van der Waals surface area contributed by atoms with Crippen molar-refractivity contribution in [2.45, 2.75) is 0 Å². The molecular weight excluding hydrogens is 114 g/mol. The van der Waals surface area contributed by atoms with Crippen LogP contribution in [0.1, 0.15) is 0 Å². The molecule has 0 aromatic heterocycles. The Kier molecular flexibility index (Phi) is 3.57. The van der Waals surface area contributed by atoms with Crippen LogP contribution in [-0.2, 0) is 0 Å². The van der Waals surface area contributed by atoms with Gasteiger partial charge in [-0.3, -0.25) is 0 Å². The van der Waals surface area contributed by atoms with Crippen molar-refractivity contribution in [1.82, 2.24) is 4.31 Å². The minimum atomic E-state index is 1.60. The van der Waals surface area contributed by atoms with Crippen molar-refractivity contribution in [1.29, 1.82) is 0 Å². The first-order valence-electron chi connectivity index (χ1n) is 1.53. The number of hydrogen-bond acceptors (Lipinski definition) is 2. The molecule has 0 heterocycles. The topological polar surface area (TPSA) is 3.24 Å². The lowest BCUT2D eigenvalue weighted by Crippen LogP contribution is -2.00. The highest BCUT2D eigenvalue weighted by atomic mass is 32.2. The zero-order valence-corrected chi connectivity index (χ0v) is 5.47. The molecule has 0 radical (unpaired) electrons.